The van der Waals surface area contributed by atoms with E-state index in [0.717, 1.165) is 28.6 Å². The van der Waals surface area contributed by atoms with Crippen LogP contribution in [0, 0.1) is 10.1 Å². The average Bonchev–Trinajstić information content (AvgIpc) is 3.35. The minimum absolute atomic E-state index is 0.140. The molecule has 0 radical (unpaired) electrons. The van der Waals surface area contributed by atoms with E-state index < -0.39 is 14.9 Å². The number of pyridine rings is 1. The number of nitro groups is 1. The van der Waals surface area contributed by atoms with E-state index in [1.807, 2.05) is 0 Å². The number of fused-ring (bicyclic) bond motifs is 1. The predicted molar refractivity (Wildman–Crippen MR) is 87.4 cm³/mol. The van der Waals surface area contributed by atoms with Crippen molar-refractivity contribution in [2.45, 2.75) is 23.7 Å². The smallest absolute Gasteiger partial charge is 0.258 e. The molecule has 1 aliphatic rings. The number of nitrogens with zero attached hydrogens (tertiary/aromatic N) is 3. The van der Waals surface area contributed by atoms with Gasteiger partial charge in [-0.05, 0) is 36.5 Å². The zero-order valence-corrected chi connectivity index (χ0v) is 13.3. The molecule has 0 atom stereocenters. The Kier molecular flexibility index (Phi) is 3.17. The molecule has 2 aromatic heterocycles. The van der Waals surface area contributed by atoms with E-state index in [2.05, 4.69) is 4.98 Å². The van der Waals surface area contributed by atoms with Gasteiger partial charge in [-0.25, -0.2) is 17.4 Å². The zero-order valence-electron chi connectivity index (χ0n) is 12.5. The number of hydrogen-bond donors (Lipinski definition) is 0. The normalized spacial score (nSPS) is 14.8. The zero-order chi connectivity index (χ0) is 16.9. The molecule has 0 saturated heterocycles. The Balaban J connectivity index is 1.98. The summed E-state index contributed by atoms with van der Waals surface area (Å²) in [4.78, 5) is 14.7. The Morgan fingerprint density at radius 1 is 1.21 bits per heavy atom. The predicted octanol–water partition coefficient (Wildman–Crippen LogP) is 3.06. The van der Waals surface area contributed by atoms with Gasteiger partial charge in [0.1, 0.15) is 6.20 Å². The van der Waals surface area contributed by atoms with Crippen LogP contribution in [-0.2, 0) is 10.0 Å². The molecule has 1 aliphatic carbocycles. The molecule has 0 spiro atoms. The molecule has 1 fully saturated rings. The van der Waals surface area contributed by atoms with Gasteiger partial charge in [-0.3, -0.25) is 10.1 Å². The molecule has 3 aromatic rings. The molecule has 7 nitrogen and oxygen atoms in total. The summed E-state index contributed by atoms with van der Waals surface area (Å²) in [5.74, 6) is 0.239. The Hall–Kier alpha value is -2.74. The van der Waals surface area contributed by atoms with Crippen LogP contribution in [0.1, 0.15) is 24.3 Å². The Morgan fingerprint density at radius 2 is 1.92 bits per heavy atom. The lowest BCUT2D eigenvalue weighted by Crippen LogP contribution is -2.12. The van der Waals surface area contributed by atoms with Crippen LogP contribution in [0.25, 0.3) is 11.0 Å². The molecule has 122 valence electrons. The van der Waals surface area contributed by atoms with E-state index in [0.29, 0.717) is 5.39 Å². The van der Waals surface area contributed by atoms with Gasteiger partial charge in [0.05, 0.1) is 9.82 Å². The highest BCUT2D eigenvalue weighted by atomic mass is 32.2. The van der Waals surface area contributed by atoms with E-state index in [9.17, 15) is 18.5 Å². The van der Waals surface area contributed by atoms with E-state index in [1.54, 1.807) is 24.4 Å². The van der Waals surface area contributed by atoms with Crippen molar-refractivity contribution in [1.82, 2.24) is 8.96 Å². The van der Waals surface area contributed by atoms with Gasteiger partial charge in [-0.2, -0.15) is 0 Å². The van der Waals surface area contributed by atoms with E-state index in [-0.39, 0.29) is 22.1 Å². The number of rotatable bonds is 4. The van der Waals surface area contributed by atoms with Gasteiger partial charge in [0.25, 0.3) is 15.7 Å². The van der Waals surface area contributed by atoms with E-state index in [4.69, 9.17) is 0 Å². The third-order valence-corrected chi connectivity index (χ3v) is 5.82. The molecule has 0 unspecified atom stereocenters. The molecule has 1 saturated carbocycles. The molecule has 24 heavy (non-hydrogen) atoms. The topological polar surface area (TPSA) is 95.1 Å². The minimum atomic E-state index is -3.80. The van der Waals surface area contributed by atoms with Crippen LogP contribution in [0.2, 0.25) is 0 Å². The summed E-state index contributed by atoms with van der Waals surface area (Å²) in [6.07, 6.45) is 4.55. The fourth-order valence-corrected chi connectivity index (χ4v) is 4.15. The first-order valence-corrected chi connectivity index (χ1v) is 8.88. The lowest BCUT2D eigenvalue weighted by Gasteiger charge is -2.06. The summed E-state index contributed by atoms with van der Waals surface area (Å²) in [6.45, 7) is 0. The molecular formula is C16H13N3O4S. The van der Waals surface area contributed by atoms with Crippen molar-refractivity contribution >= 4 is 26.7 Å². The van der Waals surface area contributed by atoms with Crippen LogP contribution in [-0.4, -0.2) is 22.3 Å². The Morgan fingerprint density at radius 3 is 2.54 bits per heavy atom. The summed E-state index contributed by atoms with van der Waals surface area (Å²) >= 11 is 0. The summed E-state index contributed by atoms with van der Waals surface area (Å²) in [5, 5.41) is 11.5. The molecule has 2 heterocycles. The average molecular weight is 343 g/mol. The third kappa shape index (κ3) is 2.26. The van der Waals surface area contributed by atoms with Gasteiger partial charge < -0.3 is 0 Å². The maximum absolute atomic E-state index is 12.9. The summed E-state index contributed by atoms with van der Waals surface area (Å²) < 4.78 is 27.0. The van der Waals surface area contributed by atoms with Gasteiger partial charge in [-0.15, -0.1) is 0 Å². The van der Waals surface area contributed by atoms with Crippen molar-refractivity contribution in [2.75, 3.05) is 0 Å². The molecule has 0 N–H and O–H groups in total. The van der Waals surface area contributed by atoms with Crippen LogP contribution < -0.4 is 0 Å². The second-order valence-corrected chi connectivity index (χ2v) is 7.61. The first-order chi connectivity index (χ1) is 11.5. The monoisotopic (exact) mass is 343 g/mol. The van der Waals surface area contributed by atoms with Crippen LogP contribution in [0.3, 0.4) is 0 Å². The number of aromatic nitrogens is 2. The molecule has 1 aromatic carbocycles. The molecule has 4 rings (SSSR count). The molecule has 0 aliphatic heterocycles. The second-order valence-electron chi connectivity index (χ2n) is 5.79. The Labute approximate surface area is 137 Å². The van der Waals surface area contributed by atoms with Gasteiger partial charge in [0.2, 0.25) is 0 Å². The highest BCUT2D eigenvalue weighted by Crippen LogP contribution is 2.44. The number of hydrogen-bond acceptors (Lipinski definition) is 5. The van der Waals surface area contributed by atoms with Crippen molar-refractivity contribution < 1.29 is 13.3 Å². The number of benzene rings is 1. The quantitative estimate of drug-likeness (QED) is 0.536. The highest BCUT2D eigenvalue weighted by molar-refractivity contribution is 7.90. The summed E-state index contributed by atoms with van der Waals surface area (Å²) in [7, 11) is -3.80. The molecule has 8 heteroatoms. The van der Waals surface area contributed by atoms with E-state index in [1.165, 1.54) is 18.2 Å². The molecular weight excluding hydrogens is 330 g/mol. The van der Waals surface area contributed by atoms with Crippen LogP contribution in [0.5, 0.6) is 0 Å². The van der Waals surface area contributed by atoms with Crippen molar-refractivity contribution in [3.8, 4) is 0 Å². The maximum atomic E-state index is 12.9. The fourth-order valence-electron chi connectivity index (χ4n) is 2.80. The first kappa shape index (κ1) is 14.8. The molecule has 0 amide bonds. The summed E-state index contributed by atoms with van der Waals surface area (Å²) in [5.41, 5.74) is 0.895. The molecule has 0 bridgehead atoms. The largest absolute Gasteiger partial charge is 0.288 e. The van der Waals surface area contributed by atoms with Crippen LogP contribution in [0.15, 0.2) is 53.7 Å². The van der Waals surface area contributed by atoms with Crippen molar-refractivity contribution in [3.05, 3.63) is 64.5 Å². The second kappa shape index (κ2) is 5.13. The lowest BCUT2D eigenvalue weighted by atomic mass is 10.1. The van der Waals surface area contributed by atoms with Gasteiger partial charge in [0.15, 0.2) is 5.65 Å². The standard InChI is InChI=1S/C16H13N3O4S/c20-19(21)12-8-14-15(11-6-7-11)10-18(16(14)17-9-12)24(22,23)13-4-2-1-3-5-13/h1-5,8-11H,6-7H2. The minimum Gasteiger partial charge on any atom is -0.258 e. The van der Waals surface area contributed by atoms with Crippen molar-refractivity contribution in [1.29, 1.82) is 0 Å². The SMILES string of the molecule is O=[N+]([O-])c1cnc2c(c1)c(C1CC1)cn2S(=O)(=O)c1ccccc1. The highest BCUT2D eigenvalue weighted by Gasteiger charge is 2.31. The first-order valence-electron chi connectivity index (χ1n) is 7.44. The Bertz CT molecular complexity index is 1050. The maximum Gasteiger partial charge on any atom is 0.288 e. The summed E-state index contributed by atoms with van der Waals surface area (Å²) in [6, 6.07) is 9.49. The van der Waals surface area contributed by atoms with Crippen LogP contribution >= 0.6 is 0 Å². The van der Waals surface area contributed by atoms with Crippen molar-refractivity contribution in [2.24, 2.45) is 0 Å². The lowest BCUT2D eigenvalue weighted by molar-refractivity contribution is -0.385. The third-order valence-electron chi connectivity index (χ3n) is 4.16. The van der Waals surface area contributed by atoms with Crippen molar-refractivity contribution in [3.63, 3.8) is 0 Å². The van der Waals surface area contributed by atoms with Gasteiger partial charge >= 0.3 is 0 Å². The van der Waals surface area contributed by atoms with Crippen LogP contribution in [0.4, 0.5) is 5.69 Å². The van der Waals surface area contributed by atoms with Gasteiger partial charge in [-0.1, -0.05) is 18.2 Å². The fraction of sp³-hybridized carbons (Fsp3) is 0.188. The van der Waals surface area contributed by atoms with E-state index >= 15 is 0 Å². The van der Waals surface area contributed by atoms with Gasteiger partial charge in [0, 0.05) is 17.6 Å².